The largest absolute Gasteiger partial charge is 0.356 e. The number of nitriles is 1. The molecular formula is C14H9BrN4OS. The molecule has 0 aliphatic rings. The van der Waals surface area contributed by atoms with Crippen molar-refractivity contribution in [1.29, 1.82) is 5.26 Å². The Morgan fingerprint density at radius 1 is 1.33 bits per heavy atom. The van der Waals surface area contributed by atoms with Crippen LogP contribution in [-0.2, 0) is 5.75 Å². The van der Waals surface area contributed by atoms with E-state index in [1.807, 2.05) is 30.3 Å². The molecule has 1 aromatic carbocycles. The molecule has 104 valence electrons. The average Bonchev–Trinajstić information content (AvgIpc) is 3.15. The van der Waals surface area contributed by atoms with Gasteiger partial charge >= 0.3 is 0 Å². The van der Waals surface area contributed by atoms with E-state index in [1.54, 1.807) is 24.0 Å². The van der Waals surface area contributed by atoms with Gasteiger partial charge in [-0.3, -0.25) is 0 Å². The molecule has 3 aromatic rings. The normalized spacial score (nSPS) is 10.5. The number of aromatic amines is 1. The maximum atomic E-state index is 8.79. The van der Waals surface area contributed by atoms with Gasteiger partial charge in [-0.2, -0.15) is 10.2 Å². The number of thioether (sulfide) groups is 1. The molecule has 0 aliphatic heterocycles. The van der Waals surface area contributed by atoms with Gasteiger partial charge in [0.1, 0.15) is 11.8 Å². The van der Waals surface area contributed by atoms with Crippen molar-refractivity contribution in [2.45, 2.75) is 10.6 Å². The van der Waals surface area contributed by atoms with Gasteiger partial charge in [-0.15, -0.1) is 11.8 Å². The van der Waals surface area contributed by atoms with Crippen LogP contribution in [0.2, 0.25) is 0 Å². The summed E-state index contributed by atoms with van der Waals surface area (Å²) in [6.07, 6.45) is 1.61. The molecule has 0 unspecified atom stereocenters. The van der Waals surface area contributed by atoms with E-state index in [4.69, 9.17) is 9.78 Å². The monoisotopic (exact) mass is 360 g/mol. The summed E-state index contributed by atoms with van der Waals surface area (Å²) in [5.74, 6) is 1.63. The number of nitrogens with zero attached hydrogens (tertiary/aromatic N) is 3. The van der Waals surface area contributed by atoms with Crippen LogP contribution in [-0.4, -0.2) is 15.1 Å². The van der Waals surface area contributed by atoms with Crippen molar-refractivity contribution >= 4 is 27.7 Å². The standard InChI is InChI=1S/C14H9BrN4OS/c15-10-1-3-11(4-2-10)21-8-13-18-14(20-19-13)12-5-9(6-16)7-17-12/h1-5,7,17H,8H2. The van der Waals surface area contributed by atoms with E-state index in [0.29, 0.717) is 28.7 Å². The summed E-state index contributed by atoms with van der Waals surface area (Å²) in [5.41, 5.74) is 1.19. The summed E-state index contributed by atoms with van der Waals surface area (Å²) in [6, 6.07) is 11.8. The lowest BCUT2D eigenvalue weighted by atomic mass is 10.3. The molecule has 5 nitrogen and oxygen atoms in total. The molecule has 3 rings (SSSR count). The van der Waals surface area contributed by atoms with Gasteiger partial charge in [0.05, 0.1) is 11.3 Å². The topological polar surface area (TPSA) is 78.5 Å². The third-order valence-electron chi connectivity index (χ3n) is 2.69. The molecule has 0 radical (unpaired) electrons. The van der Waals surface area contributed by atoms with Gasteiger partial charge in [0.25, 0.3) is 5.89 Å². The fourth-order valence-corrected chi connectivity index (χ4v) is 2.69. The third kappa shape index (κ3) is 3.35. The highest BCUT2D eigenvalue weighted by molar-refractivity contribution is 9.10. The number of hydrogen-bond acceptors (Lipinski definition) is 5. The number of hydrogen-bond donors (Lipinski definition) is 1. The molecule has 0 atom stereocenters. The Bertz CT molecular complexity index is 788. The highest BCUT2D eigenvalue weighted by Crippen LogP contribution is 2.24. The smallest absolute Gasteiger partial charge is 0.274 e. The first kappa shape index (κ1) is 13.9. The Morgan fingerprint density at radius 2 is 2.14 bits per heavy atom. The summed E-state index contributed by atoms with van der Waals surface area (Å²) >= 11 is 5.04. The minimum absolute atomic E-state index is 0.392. The molecular weight excluding hydrogens is 352 g/mol. The van der Waals surface area contributed by atoms with Crippen molar-refractivity contribution in [3.05, 3.63) is 52.4 Å². The molecule has 7 heteroatoms. The number of H-pyrrole nitrogens is 1. The van der Waals surface area contributed by atoms with Gasteiger partial charge in [0, 0.05) is 15.6 Å². The maximum absolute atomic E-state index is 8.79. The molecule has 2 aromatic heterocycles. The molecule has 0 saturated heterocycles. The van der Waals surface area contributed by atoms with Crippen LogP contribution in [0.5, 0.6) is 0 Å². The molecule has 1 N–H and O–H groups in total. The molecule has 0 spiro atoms. The zero-order valence-electron chi connectivity index (χ0n) is 10.7. The third-order valence-corrected chi connectivity index (χ3v) is 4.23. The molecule has 0 bridgehead atoms. The molecule has 0 fully saturated rings. The maximum Gasteiger partial charge on any atom is 0.274 e. The number of benzene rings is 1. The lowest BCUT2D eigenvalue weighted by molar-refractivity contribution is 0.424. The quantitative estimate of drug-likeness (QED) is 0.711. The van der Waals surface area contributed by atoms with Crippen LogP contribution in [0.1, 0.15) is 11.4 Å². The first-order chi connectivity index (χ1) is 10.2. The fraction of sp³-hybridized carbons (Fsp3) is 0.0714. The van der Waals surface area contributed by atoms with E-state index in [2.05, 4.69) is 31.1 Å². The second-order valence-electron chi connectivity index (χ2n) is 4.17. The zero-order valence-corrected chi connectivity index (χ0v) is 13.1. The van der Waals surface area contributed by atoms with Gasteiger partial charge < -0.3 is 9.51 Å². The first-order valence-electron chi connectivity index (χ1n) is 6.04. The van der Waals surface area contributed by atoms with Gasteiger partial charge in [-0.25, -0.2) is 0 Å². The summed E-state index contributed by atoms with van der Waals surface area (Å²) in [6.45, 7) is 0. The summed E-state index contributed by atoms with van der Waals surface area (Å²) in [7, 11) is 0. The summed E-state index contributed by atoms with van der Waals surface area (Å²) in [5, 5.41) is 12.7. The second kappa shape index (κ2) is 6.16. The predicted molar refractivity (Wildman–Crippen MR) is 82.5 cm³/mol. The number of rotatable bonds is 4. The van der Waals surface area contributed by atoms with Crippen molar-refractivity contribution < 1.29 is 4.52 Å². The van der Waals surface area contributed by atoms with Crippen LogP contribution in [0.25, 0.3) is 11.6 Å². The van der Waals surface area contributed by atoms with E-state index < -0.39 is 0 Å². The summed E-state index contributed by atoms with van der Waals surface area (Å²) in [4.78, 5) is 8.38. The lowest BCUT2D eigenvalue weighted by Gasteiger charge is -1.97. The zero-order chi connectivity index (χ0) is 14.7. The van der Waals surface area contributed by atoms with Gasteiger partial charge in [-0.05, 0) is 30.3 Å². The van der Waals surface area contributed by atoms with Gasteiger partial charge in [0.2, 0.25) is 0 Å². The van der Waals surface area contributed by atoms with E-state index >= 15 is 0 Å². The van der Waals surface area contributed by atoms with E-state index in [1.165, 1.54) is 0 Å². The number of aromatic nitrogens is 3. The molecule has 2 heterocycles. The molecule has 21 heavy (non-hydrogen) atoms. The fourth-order valence-electron chi connectivity index (χ4n) is 1.68. The second-order valence-corrected chi connectivity index (χ2v) is 6.14. The Labute approximate surface area is 133 Å². The molecule has 0 amide bonds. The van der Waals surface area contributed by atoms with Gasteiger partial charge in [-0.1, -0.05) is 21.1 Å². The highest BCUT2D eigenvalue weighted by Gasteiger charge is 2.11. The van der Waals surface area contributed by atoms with Crippen LogP contribution in [0.15, 0.2) is 50.4 Å². The minimum atomic E-state index is 0.392. The van der Waals surface area contributed by atoms with Crippen molar-refractivity contribution in [1.82, 2.24) is 15.1 Å². The van der Waals surface area contributed by atoms with Crippen molar-refractivity contribution in [3.8, 4) is 17.7 Å². The van der Waals surface area contributed by atoms with Gasteiger partial charge in [0.15, 0.2) is 5.82 Å². The SMILES string of the molecule is N#Cc1c[nH]c(-c2nc(CSc3ccc(Br)cc3)no2)c1. The van der Waals surface area contributed by atoms with Crippen molar-refractivity contribution in [3.63, 3.8) is 0 Å². The van der Waals surface area contributed by atoms with Crippen LogP contribution in [0.4, 0.5) is 0 Å². The number of halogens is 1. The van der Waals surface area contributed by atoms with Crippen molar-refractivity contribution in [2.24, 2.45) is 0 Å². The average molecular weight is 361 g/mol. The Kier molecular flexibility index (Phi) is 4.08. The highest BCUT2D eigenvalue weighted by atomic mass is 79.9. The Hall–Kier alpha value is -2.04. The van der Waals surface area contributed by atoms with Crippen LogP contribution < -0.4 is 0 Å². The van der Waals surface area contributed by atoms with Crippen LogP contribution >= 0.6 is 27.7 Å². The van der Waals surface area contributed by atoms with Crippen molar-refractivity contribution in [2.75, 3.05) is 0 Å². The lowest BCUT2D eigenvalue weighted by Crippen LogP contribution is -1.84. The molecule has 0 saturated carbocycles. The van der Waals surface area contributed by atoms with E-state index in [-0.39, 0.29) is 0 Å². The van der Waals surface area contributed by atoms with E-state index in [9.17, 15) is 0 Å². The Balaban J connectivity index is 1.68. The van der Waals surface area contributed by atoms with Crippen LogP contribution in [0.3, 0.4) is 0 Å². The first-order valence-corrected chi connectivity index (χ1v) is 7.82. The number of nitrogens with one attached hydrogen (secondary N) is 1. The predicted octanol–water partition coefficient (Wildman–Crippen LogP) is 3.99. The minimum Gasteiger partial charge on any atom is -0.356 e. The molecule has 0 aliphatic carbocycles. The van der Waals surface area contributed by atoms with E-state index in [0.717, 1.165) is 9.37 Å². The summed E-state index contributed by atoms with van der Waals surface area (Å²) < 4.78 is 6.24. The Morgan fingerprint density at radius 3 is 2.86 bits per heavy atom. The van der Waals surface area contributed by atoms with Crippen LogP contribution in [0, 0.1) is 11.3 Å².